The first kappa shape index (κ1) is 19.7. The van der Waals surface area contributed by atoms with Crippen molar-refractivity contribution < 1.29 is 23.7 Å². The Morgan fingerprint density at radius 3 is 2.59 bits per heavy atom. The van der Waals surface area contributed by atoms with Gasteiger partial charge in [-0.1, -0.05) is 23.2 Å². The number of hydrogen-bond acceptors (Lipinski definition) is 6. The molecule has 1 fully saturated rings. The molecule has 1 aliphatic rings. The molecule has 9 heteroatoms. The summed E-state index contributed by atoms with van der Waals surface area (Å²) < 4.78 is 21.8. The number of amides is 1. The summed E-state index contributed by atoms with van der Waals surface area (Å²) in [7, 11) is 0. The fourth-order valence-electron chi connectivity index (χ4n) is 2.29. The minimum Gasteiger partial charge on any atom is -0.481 e. The smallest absolute Gasteiger partial charge is 0.260 e. The van der Waals surface area contributed by atoms with Crippen molar-refractivity contribution in [3.8, 4) is 17.4 Å². The van der Waals surface area contributed by atoms with E-state index >= 15 is 0 Å². The Bertz CT molecular complexity index is 782. The van der Waals surface area contributed by atoms with Crippen molar-refractivity contribution >= 4 is 29.1 Å². The van der Waals surface area contributed by atoms with Gasteiger partial charge in [0.25, 0.3) is 5.91 Å². The molecule has 0 radical (unpaired) electrons. The molecule has 1 amide bonds. The SMILES string of the molecule is CC(Oc1ccc(Oc2ncc(Cl)cc2Cl)cc1)C(=O)NCC1OCCO1. The van der Waals surface area contributed by atoms with E-state index in [1.54, 1.807) is 37.3 Å². The van der Waals surface area contributed by atoms with Crippen LogP contribution in [0, 0.1) is 0 Å². The molecule has 0 saturated carbocycles. The van der Waals surface area contributed by atoms with Crippen LogP contribution in [-0.4, -0.2) is 43.0 Å². The second kappa shape index (κ2) is 9.23. The molecule has 0 spiro atoms. The minimum absolute atomic E-state index is 0.249. The Kier molecular flexibility index (Phi) is 6.73. The molecule has 1 aromatic carbocycles. The summed E-state index contributed by atoms with van der Waals surface area (Å²) in [4.78, 5) is 16.1. The van der Waals surface area contributed by atoms with Crippen LogP contribution in [0.1, 0.15) is 6.92 Å². The van der Waals surface area contributed by atoms with E-state index in [1.807, 2.05) is 0 Å². The Labute approximate surface area is 166 Å². The summed E-state index contributed by atoms with van der Waals surface area (Å²) in [6.07, 6.45) is 0.374. The second-order valence-electron chi connectivity index (χ2n) is 5.69. The van der Waals surface area contributed by atoms with Gasteiger partial charge in [0, 0.05) is 6.20 Å². The molecule has 1 unspecified atom stereocenters. The molecule has 1 aromatic heterocycles. The van der Waals surface area contributed by atoms with Gasteiger partial charge in [-0.15, -0.1) is 0 Å². The van der Waals surface area contributed by atoms with Crippen molar-refractivity contribution in [2.24, 2.45) is 0 Å². The van der Waals surface area contributed by atoms with Gasteiger partial charge in [0.2, 0.25) is 5.88 Å². The molecule has 2 heterocycles. The third-order valence-electron chi connectivity index (χ3n) is 3.63. The summed E-state index contributed by atoms with van der Waals surface area (Å²) in [5, 5.41) is 3.46. The lowest BCUT2D eigenvalue weighted by molar-refractivity contribution is -0.129. The van der Waals surface area contributed by atoms with Gasteiger partial charge in [0.05, 0.1) is 24.8 Å². The maximum Gasteiger partial charge on any atom is 0.260 e. The van der Waals surface area contributed by atoms with E-state index in [-0.39, 0.29) is 18.3 Å². The summed E-state index contributed by atoms with van der Waals surface area (Å²) in [5.41, 5.74) is 0. The van der Waals surface area contributed by atoms with Gasteiger partial charge in [-0.25, -0.2) is 4.98 Å². The van der Waals surface area contributed by atoms with E-state index in [1.165, 1.54) is 6.20 Å². The molecule has 144 valence electrons. The molecule has 1 atom stereocenters. The third-order valence-corrected chi connectivity index (χ3v) is 4.11. The predicted molar refractivity (Wildman–Crippen MR) is 99.6 cm³/mol. The van der Waals surface area contributed by atoms with Crippen molar-refractivity contribution in [3.05, 3.63) is 46.6 Å². The molecule has 27 heavy (non-hydrogen) atoms. The van der Waals surface area contributed by atoms with E-state index < -0.39 is 12.4 Å². The van der Waals surface area contributed by atoms with Crippen molar-refractivity contribution in [1.29, 1.82) is 0 Å². The van der Waals surface area contributed by atoms with Crippen LogP contribution in [0.2, 0.25) is 10.0 Å². The topological polar surface area (TPSA) is 78.9 Å². The summed E-state index contributed by atoms with van der Waals surface area (Å²) in [6.45, 7) is 3.02. The minimum atomic E-state index is -0.675. The third kappa shape index (κ3) is 5.71. The van der Waals surface area contributed by atoms with E-state index in [9.17, 15) is 4.79 Å². The average Bonchev–Trinajstić information content (AvgIpc) is 3.17. The summed E-state index contributed by atoms with van der Waals surface area (Å²) in [6, 6.07) is 8.29. The lowest BCUT2D eigenvalue weighted by atomic mass is 10.3. The number of rotatable bonds is 7. The standard InChI is InChI=1S/C18H18Cl2N2O5/c1-11(17(23)21-10-16-24-6-7-25-16)26-13-2-4-14(5-3-13)27-18-15(20)8-12(19)9-22-18/h2-5,8-9,11,16H,6-7,10H2,1H3,(H,21,23). The van der Waals surface area contributed by atoms with Crippen LogP contribution in [0.15, 0.2) is 36.5 Å². The first-order valence-corrected chi connectivity index (χ1v) is 9.03. The Balaban J connectivity index is 1.51. The maximum absolute atomic E-state index is 12.1. The number of ether oxygens (including phenoxy) is 4. The maximum atomic E-state index is 12.1. The van der Waals surface area contributed by atoms with Gasteiger partial charge in [0.15, 0.2) is 12.4 Å². The van der Waals surface area contributed by atoms with E-state index in [2.05, 4.69) is 10.3 Å². The van der Waals surface area contributed by atoms with Crippen LogP contribution in [-0.2, 0) is 14.3 Å². The fourth-order valence-corrected chi connectivity index (χ4v) is 2.70. The highest BCUT2D eigenvalue weighted by Gasteiger charge is 2.20. The zero-order valence-electron chi connectivity index (χ0n) is 14.5. The number of benzene rings is 1. The highest BCUT2D eigenvalue weighted by Crippen LogP contribution is 2.30. The van der Waals surface area contributed by atoms with Crippen LogP contribution in [0.4, 0.5) is 0 Å². The van der Waals surface area contributed by atoms with Gasteiger partial charge >= 0.3 is 0 Å². The van der Waals surface area contributed by atoms with Crippen molar-refractivity contribution in [1.82, 2.24) is 10.3 Å². The molecule has 0 bridgehead atoms. The lowest BCUT2D eigenvalue weighted by Gasteiger charge is -2.16. The normalized spacial score (nSPS) is 15.4. The summed E-state index contributed by atoms with van der Waals surface area (Å²) >= 11 is 11.8. The first-order valence-electron chi connectivity index (χ1n) is 8.28. The van der Waals surface area contributed by atoms with Crippen LogP contribution >= 0.6 is 23.2 Å². The van der Waals surface area contributed by atoms with Crippen molar-refractivity contribution in [2.75, 3.05) is 19.8 Å². The number of nitrogens with one attached hydrogen (secondary N) is 1. The highest BCUT2D eigenvalue weighted by molar-refractivity contribution is 6.35. The van der Waals surface area contributed by atoms with E-state index in [0.717, 1.165) is 0 Å². The number of pyridine rings is 1. The average molecular weight is 413 g/mol. The molecule has 2 aromatic rings. The second-order valence-corrected chi connectivity index (χ2v) is 6.53. The zero-order valence-corrected chi connectivity index (χ0v) is 16.0. The van der Waals surface area contributed by atoms with Crippen LogP contribution in [0.25, 0.3) is 0 Å². The Morgan fingerprint density at radius 1 is 1.26 bits per heavy atom. The fraction of sp³-hybridized carbons (Fsp3) is 0.333. The number of carbonyl (C=O) groups is 1. The number of halogens is 2. The number of aromatic nitrogens is 1. The Morgan fingerprint density at radius 2 is 1.93 bits per heavy atom. The van der Waals surface area contributed by atoms with Crippen LogP contribution in [0.3, 0.4) is 0 Å². The molecule has 1 N–H and O–H groups in total. The van der Waals surface area contributed by atoms with E-state index in [4.69, 9.17) is 42.1 Å². The summed E-state index contributed by atoms with van der Waals surface area (Å²) in [5.74, 6) is 1.03. The van der Waals surface area contributed by atoms with Gasteiger partial charge < -0.3 is 24.3 Å². The number of hydrogen-bond donors (Lipinski definition) is 1. The quantitative estimate of drug-likeness (QED) is 0.750. The largest absolute Gasteiger partial charge is 0.481 e. The van der Waals surface area contributed by atoms with Gasteiger partial charge in [-0.3, -0.25) is 4.79 Å². The first-order chi connectivity index (χ1) is 13.0. The molecule has 1 saturated heterocycles. The highest BCUT2D eigenvalue weighted by atomic mass is 35.5. The molecule has 7 nitrogen and oxygen atoms in total. The van der Waals surface area contributed by atoms with Crippen molar-refractivity contribution in [2.45, 2.75) is 19.3 Å². The van der Waals surface area contributed by atoms with Crippen molar-refractivity contribution in [3.63, 3.8) is 0 Å². The van der Waals surface area contributed by atoms with Gasteiger partial charge in [0.1, 0.15) is 16.5 Å². The lowest BCUT2D eigenvalue weighted by Crippen LogP contribution is -2.40. The monoisotopic (exact) mass is 412 g/mol. The van der Waals surface area contributed by atoms with E-state index in [0.29, 0.717) is 34.8 Å². The van der Waals surface area contributed by atoms with Crippen LogP contribution < -0.4 is 14.8 Å². The van der Waals surface area contributed by atoms with Gasteiger partial charge in [-0.05, 0) is 37.3 Å². The predicted octanol–water partition coefficient (Wildman–Crippen LogP) is 3.44. The van der Waals surface area contributed by atoms with Crippen LogP contribution in [0.5, 0.6) is 17.4 Å². The zero-order chi connectivity index (χ0) is 19.2. The Hall–Kier alpha value is -2.06. The molecule has 3 rings (SSSR count). The molecule has 1 aliphatic heterocycles. The molecular formula is C18H18Cl2N2O5. The van der Waals surface area contributed by atoms with Gasteiger partial charge in [-0.2, -0.15) is 0 Å². The molecular weight excluding hydrogens is 395 g/mol. The number of nitrogens with zero attached hydrogens (tertiary/aromatic N) is 1. The number of carbonyl (C=O) groups excluding carboxylic acids is 1. The molecule has 0 aliphatic carbocycles.